The first kappa shape index (κ1) is 32.8. The maximum atomic E-state index is 13.4. The highest BCUT2D eigenvalue weighted by Crippen LogP contribution is 2.22. The number of ether oxygens (including phenoxy) is 1. The lowest BCUT2D eigenvalue weighted by atomic mass is 9.96. The number of esters is 1. The molecule has 3 aromatic rings. The first-order valence-electron chi connectivity index (χ1n) is 13.9. The van der Waals surface area contributed by atoms with Crippen LogP contribution >= 0.6 is 12.4 Å². The van der Waals surface area contributed by atoms with Crippen molar-refractivity contribution in [2.24, 2.45) is 11.5 Å². The minimum atomic E-state index is -0.780. The van der Waals surface area contributed by atoms with Crippen molar-refractivity contribution < 1.29 is 19.1 Å². The molecule has 0 fully saturated rings. The molecular weight excluding hydrogens is 526 g/mol. The van der Waals surface area contributed by atoms with Gasteiger partial charge >= 0.3 is 5.97 Å². The molecule has 0 radical (unpaired) electrons. The zero-order valence-corrected chi connectivity index (χ0v) is 24.3. The molecular formula is C32H42ClN3O4. The zero-order valence-electron chi connectivity index (χ0n) is 23.5. The number of rotatable bonds is 15. The standard InChI is InChI=1S/C32H41N3O4.ClH/c1-3-17-35(32(38)29(33)11-8-12-31(37)39-22-24-9-6-5-7-10-24)28(21-30(34)36)20-25-14-16-26-18-23(4-2)13-15-27(26)19-25;/h5-7,9-10,13-16,18-19,28-29H,3-4,8,11-12,17,20-22,33H2,1-2H3,(H2,34,36);1H/t28-,29-;/m0./s1. The van der Waals surface area contributed by atoms with Gasteiger partial charge in [0.1, 0.15) is 6.61 Å². The first-order valence-corrected chi connectivity index (χ1v) is 13.9. The molecule has 40 heavy (non-hydrogen) atoms. The average Bonchev–Trinajstić information content (AvgIpc) is 2.94. The molecule has 0 unspecified atom stereocenters. The number of primary amides is 1. The molecule has 0 aliphatic carbocycles. The smallest absolute Gasteiger partial charge is 0.306 e. The molecule has 0 spiro atoms. The van der Waals surface area contributed by atoms with Crippen LogP contribution < -0.4 is 11.5 Å². The van der Waals surface area contributed by atoms with Gasteiger partial charge in [-0.1, -0.05) is 80.6 Å². The van der Waals surface area contributed by atoms with Crippen LogP contribution in [0.4, 0.5) is 0 Å². The molecule has 0 saturated carbocycles. The van der Waals surface area contributed by atoms with Gasteiger partial charge in [0.15, 0.2) is 0 Å². The Kier molecular flexibility index (Phi) is 13.6. The number of hydrogen-bond donors (Lipinski definition) is 2. The maximum Gasteiger partial charge on any atom is 0.306 e. The molecule has 7 nitrogen and oxygen atoms in total. The summed E-state index contributed by atoms with van der Waals surface area (Å²) in [4.78, 5) is 39.3. The number of halogens is 1. The van der Waals surface area contributed by atoms with Crippen LogP contribution in [0.5, 0.6) is 0 Å². The van der Waals surface area contributed by atoms with E-state index in [9.17, 15) is 14.4 Å². The molecule has 3 aromatic carbocycles. The number of carbonyl (C=O) groups is 3. The van der Waals surface area contributed by atoms with E-state index >= 15 is 0 Å². The van der Waals surface area contributed by atoms with Gasteiger partial charge in [-0.2, -0.15) is 0 Å². The van der Waals surface area contributed by atoms with E-state index in [1.807, 2.05) is 43.3 Å². The highest BCUT2D eigenvalue weighted by molar-refractivity contribution is 5.85. The summed E-state index contributed by atoms with van der Waals surface area (Å²) in [6.07, 6.45) is 3.21. The van der Waals surface area contributed by atoms with E-state index in [2.05, 4.69) is 37.3 Å². The number of hydrogen-bond acceptors (Lipinski definition) is 5. The molecule has 8 heteroatoms. The van der Waals surface area contributed by atoms with Crippen molar-refractivity contribution in [3.05, 3.63) is 83.4 Å². The fraction of sp³-hybridized carbons (Fsp3) is 0.406. The van der Waals surface area contributed by atoms with E-state index in [1.165, 1.54) is 5.56 Å². The third-order valence-electron chi connectivity index (χ3n) is 6.93. The number of aryl methyl sites for hydroxylation is 1. The predicted molar refractivity (Wildman–Crippen MR) is 162 cm³/mol. The van der Waals surface area contributed by atoms with E-state index in [1.54, 1.807) is 4.90 Å². The Morgan fingerprint density at radius 1 is 0.900 bits per heavy atom. The summed E-state index contributed by atoms with van der Waals surface area (Å²) in [5.74, 6) is -1.01. The van der Waals surface area contributed by atoms with Crippen molar-refractivity contribution >= 4 is 41.0 Å². The van der Waals surface area contributed by atoms with Gasteiger partial charge < -0.3 is 21.1 Å². The molecule has 0 aromatic heterocycles. The topological polar surface area (TPSA) is 116 Å². The van der Waals surface area contributed by atoms with Crippen LogP contribution in [-0.4, -0.2) is 41.3 Å². The molecule has 0 aliphatic rings. The van der Waals surface area contributed by atoms with Gasteiger partial charge in [0.05, 0.1) is 6.04 Å². The monoisotopic (exact) mass is 567 g/mol. The summed E-state index contributed by atoms with van der Waals surface area (Å²) in [6, 6.07) is 21.0. The lowest BCUT2D eigenvalue weighted by Crippen LogP contribution is -2.50. The van der Waals surface area contributed by atoms with E-state index in [0.29, 0.717) is 25.8 Å². The second-order valence-corrected chi connectivity index (χ2v) is 10.1. The number of amides is 2. The van der Waals surface area contributed by atoms with Crippen molar-refractivity contribution in [3.8, 4) is 0 Å². The normalized spacial score (nSPS) is 12.3. The second kappa shape index (κ2) is 16.6. The molecule has 2 amide bonds. The molecule has 0 bridgehead atoms. The van der Waals surface area contributed by atoms with Crippen LogP contribution in [0, 0.1) is 0 Å². The Morgan fingerprint density at radius 2 is 1.55 bits per heavy atom. The number of carbonyl (C=O) groups excluding carboxylic acids is 3. The molecule has 3 rings (SSSR count). The summed E-state index contributed by atoms with van der Waals surface area (Å²) in [5.41, 5.74) is 15.1. The number of nitrogens with two attached hydrogens (primary N) is 2. The minimum absolute atomic E-state index is 0. The van der Waals surface area contributed by atoms with Gasteiger partial charge in [0.2, 0.25) is 11.8 Å². The SMILES string of the molecule is CCCN(C(=O)[C@@H](N)CCCC(=O)OCc1ccccc1)[C@H](CC(N)=O)Cc1ccc2cc(CC)ccc2c1.Cl. The maximum absolute atomic E-state index is 13.4. The van der Waals surface area contributed by atoms with Gasteiger partial charge in [-0.15, -0.1) is 12.4 Å². The number of benzene rings is 3. The highest BCUT2D eigenvalue weighted by Gasteiger charge is 2.28. The Balaban J connectivity index is 0.00000560. The molecule has 0 heterocycles. The summed E-state index contributed by atoms with van der Waals surface area (Å²) in [6.45, 7) is 4.80. The van der Waals surface area contributed by atoms with Gasteiger partial charge in [-0.3, -0.25) is 14.4 Å². The fourth-order valence-corrected chi connectivity index (χ4v) is 4.82. The number of fused-ring (bicyclic) bond motifs is 1. The lowest BCUT2D eigenvalue weighted by Gasteiger charge is -2.33. The summed E-state index contributed by atoms with van der Waals surface area (Å²) >= 11 is 0. The summed E-state index contributed by atoms with van der Waals surface area (Å²) in [7, 11) is 0. The quantitative estimate of drug-likeness (QED) is 0.248. The van der Waals surface area contributed by atoms with Gasteiger partial charge in [0, 0.05) is 25.4 Å². The van der Waals surface area contributed by atoms with Crippen LogP contribution in [-0.2, 0) is 38.6 Å². The van der Waals surface area contributed by atoms with Crippen molar-refractivity contribution in [1.29, 1.82) is 0 Å². The van der Waals surface area contributed by atoms with E-state index in [0.717, 1.165) is 34.7 Å². The molecule has 4 N–H and O–H groups in total. The van der Waals surface area contributed by atoms with Crippen LogP contribution in [0.25, 0.3) is 10.8 Å². The van der Waals surface area contributed by atoms with Crippen LogP contribution in [0.1, 0.15) is 62.6 Å². The van der Waals surface area contributed by atoms with E-state index in [4.69, 9.17) is 16.2 Å². The van der Waals surface area contributed by atoms with Crippen molar-refractivity contribution in [3.63, 3.8) is 0 Å². The fourth-order valence-electron chi connectivity index (χ4n) is 4.82. The lowest BCUT2D eigenvalue weighted by molar-refractivity contribution is -0.145. The highest BCUT2D eigenvalue weighted by atomic mass is 35.5. The average molecular weight is 568 g/mol. The second-order valence-electron chi connectivity index (χ2n) is 10.1. The Hall–Kier alpha value is -3.42. The zero-order chi connectivity index (χ0) is 28.2. The summed E-state index contributed by atoms with van der Waals surface area (Å²) < 4.78 is 5.32. The van der Waals surface area contributed by atoms with Gasteiger partial charge in [-0.25, -0.2) is 0 Å². The van der Waals surface area contributed by atoms with Gasteiger partial charge in [0.25, 0.3) is 0 Å². The van der Waals surface area contributed by atoms with Crippen molar-refractivity contribution in [2.45, 2.75) is 77.5 Å². The van der Waals surface area contributed by atoms with Gasteiger partial charge in [-0.05, 0) is 59.6 Å². The van der Waals surface area contributed by atoms with Crippen molar-refractivity contribution in [1.82, 2.24) is 4.90 Å². The molecule has 0 saturated heterocycles. The third kappa shape index (κ3) is 9.96. The molecule has 2 atom stereocenters. The van der Waals surface area contributed by atoms with Crippen LogP contribution in [0.15, 0.2) is 66.7 Å². The van der Waals surface area contributed by atoms with Crippen LogP contribution in [0.2, 0.25) is 0 Å². The minimum Gasteiger partial charge on any atom is -0.461 e. The van der Waals surface area contributed by atoms with Crippen molar-refractivity contribution in [2.75, 3.05) is 6.54 Å². The van der Waals surface area contributed by atoms with E-state index in [-0.39, 0.29) is 43.7 Å². The summed E-state index contributed by atoms with van der Waals surface area (Å²) in [5, 5.41) is 2.28. The molecule has 216 valence electrons. The first-order chi connectivity index (χ1) is 18.8. The Bertz CT molecular complexity index is 1250. The number of nitrogens with zero attached hydrogens (tertiary/aromatic N) is 1. The largest absolute Gasteiger partial charge is 0.461 e. The van der Waals surface area contributed by atoms with Crippen LogP contribution in [0.3, 0.4) is 0 Å². The Labute approximate surface area is 243 Å². The third-order valence-corrected chi connectivity index (χ3v) is 6.93. The predicted octanol–water partition coefficient (Wildman–Crippen LogP) is 5.09. The van der Waals surface area contributed by atoms with E-state index < -0.39 is 18.0 Å². The Morgan fingerprint density at radius 3 is 2.17 bits per heavy atom. The molecule has 0 aliphatic heterocycles.